The minimum Gasteiger partial charge on any atom is -0.494 e. The molecular formula is C21H21NO3S. The molecule has 5 heteroatoms. The van der Waals surface area contributed by atoms with Crippen LogP contribution in [0.5, 0.6) is 11.5 Å². The van der Waals surface area contributed by atoms with E-state index in [1.807, 2.05) is 37.3 Å². The Kier molecular flexibility index (Phi) is 6.28. The first-order chi connectivity index (χ1) is 12.8. The second-order valence-corrected chi connectivity index (χ2v) is 6.42. The average Bonchev–Trinajstić information content (AvgIpc) is 3.21. The summed E-state index contributed by atoms with van der Waals surface area (Å²) in [5.41, 5.74) is 3.40. The predicted molar refractivity (Wildman–Crippen MR) is 105 cm³/mol. The SMILES string of the molecule is CCOc1ccc(OCC(=O)NCc2ccccc2-c2ccsc2)cc1. The number of thiophene rings is 1. The second-order valence-electron chi connectivity index (χ2n) is 5.64. The highest BCUT2D eigenvalue weighted by Gasteiger charge is 2.08. The lowest BCUT2D eigenvalue weighted by molar-refractivity contribution is -0.123. The Labute approximate surface area is 157 Å². The summed E-state index contributed by atoms with van der Waals surface area (Å²) in [5, 5.41) is 7.08. The van der Waals surface area contributed by atoms with Gasteiger partial charge in [0, 0.05) is 6.54 Å². The predicted octanol–water partition coefficient (Wildman–Crippen LogP) is 4.51. The first-order valence-corrected chi connectivity index (χ1v) is 9.43. The molecule has 1 aromatic heterocycles. The number of hydrogen-bond donors (Lipinski definition) is 1. The van der Waals surface area contributed by atoms with Crippen molar-refractivity contribution >= 4 is 17.2 Å². The van der Waals surface area contributed by atoms with Gasteiger partial charge in [-0.2, -0.15) is 11.3 Å². The summed E-state index contributed by atoms with van der Waals surface area (Å²) in [7, 11) is 0. The number of rotatable bonds is 8. The molecule has 0 unspecified atom stereocenters. The maximum absolute atomic E-state index is 12.1. The summed E-state index contributed by atoms with van der Waals surface area (Å²) in [6.45, 7) is 3.01. The van der Waals surface area contributed by atoms with Crippen LogP contribution in [0.1, 0.15) is 12.5 Å². The molecule has 0 spiro atoms. The van der Waals surface area contributed by atoms with E-state index in [2.05, 4.69) is 28.2 Å². The van der Waals surface area contributed by atoms with Gasteiger partial charge in [0.25, 0.3) is 5.91 Å². The molecule has 0 radical (unpaired) electrons. The van der Waals surface area contributed by atoms with E-state index in [9.17, 15) is 4.79 Å². The molecule has 1 heterocycles. The molecule has 0 saturated heterocycles. The minimum atomic E-state index is -0.154. The molecule has 4 nitrogen and oxygen atoms in total. The van der Waals surface area contributed by atoms with Crippen LogP contribution in [-0.4, -0.2) is 19.1 Å². The maximum atomic E-state index is 12.1. The van der Waals surface area contributed by atoms with Crippen molar-refractivity contribution in [2.75, 3.05) is 13.2 Å². The van der Waals surface area contributed by atoms with Crippen LogP contribution < -0.4 is 14.8 Å². The molecule has 0 atom stereocenters. The lowest BCUT2D eigenvalue weighted by Gasteiger charge is -2.11. The lowest BCUT2D eigenvalue weighted by atomic mass is 10.0. The van der Waals surface area contributed by atoms with Crippen molar-refractivity contribution in [2.45, 2.75) is 13.5 Å². The molecule has 134 valence electrons. The van der Waals surface area contributed by atoms with E-state index in [1.54, 1.807) is 23.5 Å². The van der Waals surface area contributed by atoms with Crippen molar-refractivity contribution in [3.63, 3.8) is 0 Å². The highest BCUT2D eigenvalue weighted by atomic mass is 32.1. The molecule has 26 heavy (non-hydrogen) atoms. The van der Waals surface area contributed by atoms with Crippen LogP contribution in [0.2, 0.25) is 0 Å². The molecule has 3 aromatic rings. The largest absolute Gasteiger partial charge is 0.494 e. The monoisotopic (exact) mass is 367 g/mol. The number of carbonyl (C=O) groups excluding carboxylic acids is 1. The number of hydrogen-bond acceptors (Lipinski definition) is 4. The highest BCUT2D eigenvalue weighted by molar-refractivity contribution is 7.08. The van der Waals surface area contributed by atoms with Gasteiger partial charge < -0.3 is 14.8 Å². The van der Waals surface area contributed by atoms with Crippen molar-refractivity contribution in [3.8, 4) is 22.6 Å². The van der Waals surface area contributed by atoms with Crippen molar-refractivity contribution in [1.82, 2.24) is 5.32 Å². The Morgan fingerprint density at radius 1 is 1.00 bits per heavy atom. The third-order valence-electron chi connectivity index (χ3n) is 3.83. The molecule has 0 aliphatic heterocycles. The number of amides is 1. The summed E-state index contributed by atoms with van der Waals surface area (Å²) < 4.78 is 10.9. The lowest BCUT2D eigenvalue weighted by Crippen LogP contribution is -2.28. The van der Waals surface area contributed by atoms with Crippen LogP contribution in [-0.2, 0) is 11.3 Å². The Hall–Kier alpha value is -2.79. The van der Waals surface area contributed by atoms with Gasteiger partial charge in [-0.3, -0.25) is 4.79 Å². The first-order valence-electron chi connectivity index (χ1n) is 8.49. The summed E-state index contributed by atoms with van der Waals surface area (Å²) in [6.07, 6.45) is 0. The first kappa shape index (κ1) is 18.0. The van der Waals surface area contributed by atoms with Crippen molar-refractivity contribution in [2.24, 2.45) is 0 Å². The molecule has 0 saturated carbocycles. The third kappa shape index (κ3) is 4.86. The Morgan fingerprint density at radius 3 is 2.42 bits per heavy atom. The van der Waals surface area contributed by atoms with E-state index < -0.39 is 0 Å². The minimum absolute atomic E-state index is 0.0192. The summed E-state index contributed by atoms with van der Waals surface area (Å²) >= 11 is 1.66. The fourth-order valence-corrected chi connectivity index (χ4v) is 3.22. The van der Waals surface area contributed by atoms with Crippen LogP contribution in [0, 0.1) is 0 Å². The zero-order valence-electron chi connectivity index (χ0n) is 14.6. The van der Waals surface area contributed by atoms with Gasteiger partial charge in [0.05, 0.1) is 6.61 Å². The molecule has 3 rings (SSSR count). The second kappa shape index (κ2) is 9.06. The summed E-state index contributed by atoms with van der Waals surface area (Å²) in [4.78, 5) is 12.1. The van der Waals surface area contributed by atoms with E-state index in [1.165, 1.54) is 5.56 Å². The third-order valence-corrected chi connectivity index (χ3v) is 4.51. The zero-order valence-corrected chi connectivity index (χ0v) is 15.4. The van der Waals surface area contributed by atoms with E-state index in [4.69, 9.17) is 9.47 Å². The standard InChI is InChI=1S/C21H21NO3S/c1-2-24-18-7-9-19(10-8-18)25-14-21(23)22-13-16-5-3-4-6-20(16)17-11-12-26-15-17/h3-12,15H,2,13-14H2,1H3,(H,22,23). The van der Waals surface area contributed by atoms with Gasteiger partial charge in [-0.05, 0) is 64.7 Å². The summed E-state index contributed by atoms with van der Waals surface area (Å²) in [6, 6.07) is 17.4. The van der Waals surface area contributed by atoms with E-state index in [0.717, 1.165) is 16.9 Å². The fraction of sp³-hybridized carbons (Fsp3) is 0.190. The van der Waals surface area contributed by atoms with Gasteiger partial charge in [0.1, 0.15) is 11.5 Å². The van der Waals surface area contributed by atoms with Gasteiger partial charge in [0.15, 0.2) is 6.61 Å². The quantitative estimate of drug-likeness (QED) is 0.637. The maximum Gasteiger partial charge on any atom is 0.258 e. The Balaban J connectivity index is 1.52. The fourth-order valence-electron chi connectivity index (χ4n) is 2.57. The van der Waals surface area contributed by atoms with Gasteiger partial charge in [-0.15, -0.1) is 0 Å². The van der Waals surface area contributed by atoms with Crippen molar-refractivity contribution < 1.29 is 14.3 Å². The van der Waals surface area contributed by atoms with Gasteiger partial charge in [0.2, 0.25) is 0 Å². The number of carbonyl (C=O) groups is 1. The molecule has 1 N–H and O–H groups in total. The number of ether oxygens (including phenoxy) is 2. The average molecular weight is 367 g/mol. The van der Waals surface area contributed by atoms with Crippen LogP contribution in [0.4, 0.5) is 0 Å². The highest BCUT2D eigenvalue weighted by Crippen LogP contribution is 2.25. The van der Waals surface area contributed by atoms with E-state index >= 15 is 0 Å². The van der Waals surface area contributed by atoms with Crippen molar-refractivity contribution in [3.05, 3.63) is 70.9 Å². The normalized spacial score (nSPS) is 10.3. The topological polar surface area (TPSA) is 47.6 Å². The molecule has 0 bridgehead atoms. The van der Waals surface area contributed by atoms with Crippen LogP contribution in [0.25, 0.3) is 11.1 Å². The Morgan fingerprint density at radius 2 is 1.73 bits per heavy atom. The van der Waals surface area contributed by atoms with E-state index in [0.29, 0.717) is 18.9 Å². The molecule has 0 aliphatic rings. The molecular weight excluding hydrogens is 346 g/mol. The summed E-state index contributed by atoms with van der Waals surface area (Å²) in [5.74, 6) is 1.27. The van der Waals surface area contributed by atoms with Gasteiger partial charge >= 0.3 is 0 Å². The molecule has 0 aliphatic carbocycles. The smallest absolute Gasteiger partial charge is 0.258 e. The molecule has 1 amide bonds. The van der Waals surface area contributed by atoms with Crippen LogP contribution in [0.3, 0.4) is 0 Å². The zero-order chi connectivity index (χ0) is 18.2. The van der Waals surface area contributed by atoms with Crippen molar-refractivity contribution in [1.29, 1.82) is 0 Å². The molecule has 0 fully saturated rings. The van der Waals surface area contributed by atoms with Gasteiger partial charge in [-0.25, -0.2) is 0 Å². The van der Waals surface area contributed by atoms with Crippen LogP contribution >= 0.6 is 11.3 Å². The number of nitrogens with one attached hydrogen (secondary N) is 1. The number of benzene rings is 2. The van der Waals surface area contributed by atoms with Gasteiger partial charge in [-0.1, -0.05) is 24.3 Å². The molecule has 2 aromatic carbocycles. The van der Waals surface area contributed by atoms with Crippen LogP contribution in [0.15, 0.2) is 65.4 Å². The Bertz CT molecular complexity index is 829. The van der Waals surface area contributed by atoms with E-state index in [-0.39, 0.29) is 12.5 Å².